The first-order chi connectivity index (χ1) is 6.34. The van der Waals surface area contributed by atoms with Gasteiger partial charge in [-0.1, -0.05) is 42.0 Å². The lowest BCUT2D eigenvalue weighted by Gasteiger charge is -1.97. The summed E-state index contributed by atoms with van der Waals surface area (Å²) in [5, 5.41) is 0.753. The Morgan fingerprint density at radius 2 is 2.23 bits per heavy atom. The van der Waals surface area contributed by atoms with E-state index in [0.717, 1.165) is 10.6 Å². The van der Waals surface area contributed by atoms with Crippen molar-refractivity contribution >= 4 is 17.7 Å². The average molecular weight is 198 g/mol. The molecule has 0 saturated heterocycles. The van der Waals surface area contributed by atoms with E-state index in [9.17, 15) is 0 Å². The van der Waals surface area contributed by atoms with Crippen molar-refractivity contribution in [3.63, 3.8) is 0 Å². The Kier molecular flexibility index (Phi) is 4.54. The zero-order valence-electron chi connectivity index (χ0n) is 7.46. The van der Waals surface area contributed by atoms with Crippen molar-refractivity contribution in [2.75, 3.05) is 13.7 Å². The minimum Gasteiger partial charge on any atom is -0.298 e. The highest BCUT2D eigenvalue weighted by atomic mass is 35.5. The van der Waals surface area contributed by atoms with Crippen LogP contribution >= 0.6 is 11.6 Å². The van der Waals surface area contributed by atoms with Crippen LogP contribution in [0.2, 0.25) is 5.02 Å². The molecule has 0 aromatic heterocycles. The zero-order valence-corrected chi connectivity index (χ0v) is 8.21. The van der Waals surface area contributed by atoms with Crippen LogP contribution in [0.1, 0.15) is 5.56 Å². The third-order valence-electron chi connectivity index (χ3n) is 1.53. The summed E-state index contributed by atoms with van der Waals surface area (Å²) < 4.78 is 0. The van der Waals surface area contributed by atoms with Gasteiger partial charge in [-0.05, 0) is 11.6 Å². The Morgan fingerprint density at radius 1 is 1.46 bits per heavy atom. The van der Waals surface area contributed by atoms with Crippen LogP contribution in [0.3, 0.4) is 0 Å². The van der Waals surface area contributed by atoms with Crippen LogP contribution in [0.5, 0.6) is 0 Å². The molecule has 2 nitrogen and oxygen atoms in total. The van der Waals surface area contributed by atoms with E-state index in [0.29, 0.717) is 6.61 Å². The fourth-order valence-corrected chi connectivity index (χ4v) is 1.12. The monoisotopic (exact) mass is 197 g/mol. The van der Waals surface area contributed by atoms with Gasteiger partial charge >= 0.3 is 0 Å². The number of rotatable bonds is 4. The van der Waals surface area contributed by atoms with Gasteiger partial charge in [0.25, 0.3) is 0 Å². The Balaban J connectivity index is 2.53. The quantitative estimate of drug-likeness (QED) is 0.592. The number of hydrogen-bond acceptors (Lipinski definition) is 2. The molecule has 13 heavy (non-hydrogen) atoms. The summed E-state index contributed by atoms with van der Waals surface area (Å²) in [6.45, 7) is 0.529. The molecule has 0 spiro atoms. The van der Waals surface area contributed by atoms with E-state index >= 15 is 0 Å². The van der Waals surface area contributed by atoms with Gasteiger partial charge in [0.2, 0.25) is 0 Å². The molecule has 0 heterocycles. The Labute approximate surface area is 83.1 Å². The maximum absolute atomic E-state index is 5.93. The minimum atomic E-state index is 0.529. The third kappa shape index (κ3) is 3.59. The first-order valence-electron chi connectivity index (χ1n) is 4.04. The second-order valence-electron chi connectivity index (χ2n) is 2.44. The van der Waals surface area contributed by atoms with Crippen molar-refractivity contribution in [1.82, 2.24) is 5.48 Å². The van der Waals surface area contributed by atoms with Crippen LogP contribution in [0.4, 0.5) is 0 Å². The Morgan fingerprint density at radius 3 is 2.92 bits per heavy atom. The SMILES string of the molecule is CNOC/C=C/c1ccccc1Cl. The van der Waals surface area contributed by atoms with Gasteiger partial charge in [-0.25, -0.2) is 5.48 Å². The average Bonchev–Trinajstić information content (AvgIpc) is 2.15. The standard InChI is InChI=1S/C10H12ClNO/c1-12-13-8-4-6-9-5-2-3-7-10(9)11/h2-7,12H,8H2,1H3/b6-4+. The second kappa shape index (κ2) is 5.75. The van der Waals surface area contributed by atoms with Gasteiger partial charge in [0.05, 0.1) is 6.61 Å². The second-order valence-corrected chi connectivity index (χ2v) is 2.85. The number of hydroxylamine groups is 1. The molecule has 0 unspecified atom stereocenters. The molecule has 1 aromatic rings. The molecule has 3 heteroatoms. The van der Waals surface area contributed by atoms with Crippen LogP contribution in [-0.4, -0.2) is 13.7 Å². The van der Waals surface area contributed by atoms with E-state index < -0.39 is 0 Å². The lowest BCUT2D eigenvalue weighted by Crippen LogP contribution is -2.06. The molecule has 0 fully saturated rings. The molecule has 0 radical (unpaired) electrons. The Hall–Kier alpha value is -0.830. The van der Waals surface area contributed by atoms with Crippen molar-refractivity contribution in [2.24, 2.45) is 0 Å². The summed E-state index contributed by atoms with van der Waals surface area (Å²) in [6.07, 6.45) is 3.83. The first-order valence-corrected chi connectivity index (χ1v) is 4.42. The number of nitrogens with one attached hydrogen (secondary N) is 1. The molecule has 0 bridgehead atoms. The van der Waals surface area contributed by atoms with E-state index in [1.165, 1.54) is 0 Å². The highest BCUT2D eigenvalue weighted by Crippen LogP contribution is 2.15. The van der Waals surface area contributed by atoms with Crippen LogP contribution in [0.25, 0.3) is 6.08 Å². The van der Waals surface area contributed by atoms with E-state index in [2.05, 4.69) is 5.48 Å². The summed E-state index contributed by atoms with van der Waals surface area (Å²) in [5.74, 6) is 0. The molecule has 1 rings (SSSR count). The van der Waals surface area contributed by atoms with Gasteiger partial charge in [-0.2, -0.15) is 0 Å². The lowest BCUT2D eigenvalue weighted by molar-refractivity contribution is 0.0814. The molecule has 0 aliphatic carbocycles. The van der Waals surface area contributed by atoms with Crippen molar-refractivity contribution in [1.29, 1.82) is 0 Å². The van der Waals surface area contributed by atoms with Crippen molar-refractivity contribution in [3.05, 3.63) is 40.9 Å². The summed E-state index contributed by atoms with van der Waals surface area (Å²) in [5.41, 5.74) is 3.59. The third-order valence-corrected chi connectivity index (χ3v) is 1.87. The number of halogens is 1. The molecule has 70 valence electrons. The fourth-order valence-electron chi connectivity index (χ4n) is 0.917. The predicted molar refractivity (Wildman–Crippen MR) is 55.5 cm³/mol. The van der Waals surface area contributed by atoms with Crippen molar-refractivity contribution < 1.29 is 4.84 Å². The van der Waals surface area contributed by atoms with Crippen LogP contribution in [0.15, 0.2) is 30.3 Å². The zero-order chi connectivity index (χ0) is 9.52. The highest BCUT2D eigenvalue weighted by molar-refractivity contribution is 6.32. The first kappa shape index (κ1) is 10.3. The van der Waals surface area contributed by atoms with Gasteiger partial charge < -0.3 is 0 Å². The maximum Gasteiger partial charge on any atom is 0.0866 e. The van der Waals surface area contributed by atoms with Gasteiger partial charge in [-0.15, -0.1) is 0 Å². The maximum atomic E-state index is 5.93. The van der Waals surface area contributed by atoms with Gasteiger partial charge in [0.15, 0.2) is 0 Å². The molecular formula is C10H12ClNO. The smallest absolute Gasteiger partial charge is 0.0866 e. The van der Waals surface area contributed by atoms with E-state index in [1.54, 1.807) is 7.05 Å². The van der Waals surface area contributed by atoms with E-state index in [-0.39, 0.29) is 0 Å². The van der Waals surface area contributed by atoms with E-state index in [4.69, 9.17) is 16.4 Å². The van der Waals surface area contributed by atoms with Crippen molar-refractivity contribution in [3.8, 4) is 0 Å². The van der Waals surface area contributed by atoms with Crippen molar-refractivity contribution in [2.45, 2.75) is 0 Å². The highest BCUT2D eigenvalue weighted by Gasteiger charge is 1.91. The van der Waals surface area contributed by atoms with Crippen LogP contribution in [-0.2, 0) is 4.84 Å². The number of hydrogen-bond donors (Lipinski definition) is 1. The molecule has 0 amide bonds. The number of benzene rings is 1. The van der Waals surface area contributed by atoms with Crippen LogP contribution < -0.4 is 5.48 Å². The minimum absolute atomic E-state index is 0.529. The molecule has 1 N–H and O–H groups in total. The Bertz CT molecular complexity index is 286. The summed E-state index contributed by atoms with van der Waals surface area (Å²) in [4.78, 5) is 4.92. The predicted octanol–water partition coefficient (Wildman–Crippen LogP) is 2.50. The van der Waals surface area contributed by atoms with Gasteiger partial charge in [0.1, 0.15) is 0 Å². The van der Waals surface area contributed by atoms with Crippen LogP contribution in [0, 0.1) is 0 Å². The van der Waals surface area contributed by atoms with E-state index in [1.807, 2.05) is 36.4 Å². The van der Waals surface area contributed by atoms with Gasteiger partial charge in [0, 0.05) is 12.1 Å². The fraction of sp³-hybridized carbons (Fsp3) is 0.200. The topological polar surface area (TPSA) is 21.3 Å². The normalized spacial score (nSPS) is 10.9. The summed E-state index contributed by atoms with van der Waals surface area (Å²) in [7, 11) is 1.73. The molecule has 0 aliphatic heterocycles. The van der Waals surface area contributed by atoms with Gasteiger partial charge in [-0.3, -0.25) is 4.84 Å². The molecular weight excluding hydrogens is 186 g/mol. The summed E-state index contributed by atoms with van der Waals surface area (Å²) >= 11 is 5.93. The molecule has 0 aliphatic rings. The largest absolute Gasteiger partial charge is 0.298 e. The molecule has 0 saturated carbocycles. The lowest BCUT2D eigenvalue weighted by atomic mass is 10.2. The summed E-state index contributed by atoms with van der Waals surface area (Å²) in [6, 6.07) is 7.67. The molecule has 0 atom stereocenters. The molecule has 1 aromatic carbocycles.